The van der Waals surface area contributed by atoms with Crippen LogP contribution in [0.4, 0.5) is 13.2 Å². The van der Waals surface area contributed by atoms with E-state index < -0.39 is 25.2 Å². The van der Waals surface area contributed by atoms with Crippen molar-refractivity contribution in [2.75, 3.05) is 13.1 Å². The second-order valence-electron chi connectivity index (χ2n) is 3.33. The van der Waals surface area contributed by atoms with Gasteiger partial charge in [0.2, 0.25) is 5.91 Å². The molecule has 0 atom stereocenters. The summed E-state index contributed by atoms with van der Waals surface area (Å²) in [6.45, 7) is -1.50. The fraction of sp³-hybridized carbons (Fsp3) is 0.625. The van der Waals surface area contributed by atoms with Gasteiger partial charge < -0.3 is 10.6 Å². The Balaban J connectivity index is 2.18. The van der Waals surface area contributed by atoms with E-state index in [9.17, 15) is 18.0 Å². The summed E-state index contributed by atoms with van der Waals surface area (Å²) in [6, 6.07) is 0. The molecule has 0 aromatic carbocycles. The van der Waals surface area contributed by atoms with Gasteiger partial charge in [0.05, 0.1) is 19.6 Å². The van der Waals surface area contributed by atoms with E-state index in [0.717, 1.165) is 0 Å². The summed E-state index contributed by atoms with van der Waals surface area (Å²) in [4.78, 5) is 14.9. The van der Waals surface area contributed by atoms with Crippen LogP contribution in [0.15, 0.2) is 6.33 Å². The standard InChI is InChI=1S/C8H12F3N5O/c1-16-5-14-6(15-16)2-13-7(17)3-12-4-8(9,10)11/h5,12H,2-4H2,1H3,(H,13,17). The molecule has 17 heavy (non-hydrogen) atoms. The van der Waals surface area contributed by atoms with Crippen molar-refractivity contribution < 1.29 is 18.0 Å². The van der Waals surface area contributed by atoms with Gasteiger partial charge in [0.25, 0.3) is 0 Å². The Kier molecular flexibility index (Phi) is 4.44. The molecule has 0 spiro atoms. The summed E-state index contributed by atoms with van der Waals surface area (Å²) in [5.74, 6) is -0.140. The van der Waals surface area contributed by atoms with Crippen LogP contribution in [0.1, 0.15) is 5.82 Å². The number of rotatable bonds is 5. The lowest BCUT2D eigenvalue weighted by Gasteiger charge is -2.07. The van der Waals surface area contributed by atoms with Crippen molar-refractivity contribution in [1.29, 1.82) is 0 Å². The topological polar surface area (TPSA) is 71.8 Å². The minimum Gasteiger partial charge on any atom is -0.348 e. The van der Waals surface area contributed by atoms with Gasteiger partial charge in [0.15, 0.2) is 5.82 Å². The maximum atomic E-state index is 11.7. The molecule has 0 saturated carbocycles. The number of nitrogens with zero attached hydrogens (tertiary/aromatic N) is 3. The van der Waals surface area contributed by atoms with E-state index in [1.165, 1.54) is 11.0 Å². The molecule has 96 valence electrons. The molecule has 9 heteroatoms. The maximum absolute atomic E-state index is 11.7. The van der Waals surface area contributed by atoms with Gasteiger partial charge in [-0.2, -0.15) is 18.3 Å². The smallest absolute Gasteiger partial charge is 0.348 e. The predicted octanol–water partition coefficient (Wildman–Crippen LogP) is -0.417. The first-order valence-electron chi connectivity index (χ1n) is 4.75. The average molecular weight is 251 g/mol. The number of aryl methyl sites for hydroxylation is 1. The molecule has 0 radical (unpaired) electrons. The van der Waals surface area contributed by atoms with Crippen LogP contribution in [0.3, 0.4) is 0 Å². The highest BCUT2D eigenvalue weighted by Crippen LogP contribution is 2.11. The second-order valence-corrected chi connectivity index (χ2v) is 3.33. The highest BCUT2D eigenvalue weighted by molar-refractivity contribution is 5.77. The lowest BCUT2D eigenvalue weighted by atomic mass is 10.5. The van der Waals surface area contributed by atoms with Crippen molar-refractivity contribution in [3.05, 3.63) is 12.2 Å². The van der Waals surface area contributed by atoms with Crippen LogP contribution in [0.2, 0.25) is 0 Å². The second kappa shape index (κ2) is 5.62. The number of carbonyl (C=O) groups excluding carboxylic acids is 1. The van der Waals surface area contributed by atoms with E-state index in [-0.39, 0.29) is 6.54 Å². The third-order valence-electron chi connectivity index (χ3n) is 1.70. The normalized spacial score (nSPS) is 11.5. The molecule has 1 amide bonds. The Bertz CT molecular complexity index is 375. The predicted molar refractivity (Wildman–Crippen MR) is 51.8 cm³/mol. The number of aromatic nitrogens is 3. The molecule has 1 heterocycles. The number of alkyl halides is 3. The molecule has 0 bridgehead atoms. The first-order valence-corrected chi connectivity index (χ1v) is 4.75. The Hall–Kier alpha value is -1.64. The van der Waals surface area contributed by atoms with E-state index >= 15 is 0 Å². The summed E-state index contributed by atoms with van der Waals surface area (Å²) in [7, 11) is 1.67. The summed E-state index contributed by atoms with van der Waals surface area (Å²) < 4.78 is 36.7. The van der Waals surface area contributed by atoms with E-state index in [4.69, 9.17) is 0 Å². The number of nitrogens with one attached hydrogen (secondary N) is 2. The van der Waals surface area contributed by atoms with Gasteiger partial charge in [-0.3, -0.25) is 9.48 Å². The molecule has 2 N–H and O–H groups in total. The van der Waals surface area contributed by atoms with Crippen LogP contribution in [0, 0.1) is 0 Å². The number of halogens is 3. The van der Waals surface area contributed by atoms with Gasteiger partial charge >= 0.3 is 6.18 Å². The molecule has 1 rings (SSSR count). The summed E-state index contributed by atoms with van der Waals surface area (Å²) in [6.07, 6.45) is -2.85. The van der Waals surface area contributed by atoms with Crippen LogP contribution in [-0.4, -0.2) is 39.9 Å². The molecule has 0 aliphatic carbocycles. The minimum atomic E-state index is -4.32. The minimum absolute atomic E-state index is 0.0906. The molecular weight excluding hydrogens is 239 g/mol. The van der Waals surface area contributed by atoms with Crippen molar-refractivity contribution in [1.82, 2.24) is 25.4 Å². The molecular formula is C8H12F3N5O. The van der Waals surface area contributed by atoms with Gasteiger partial charge in [0, 0.05) is 7.05 Å². The first-order chi connectivity index (χ1) is 7.87. The van der Waals surface area contributed by atoms with Crippen molar-refractivity contribution in [2.45, 2.75) is 12.7 Å². The van der Waals surface area contributed by atoms with Crippen LogP contribution in [-0.2, 0) is 18.4 Å². The highest BCUT2D eigenvalue weighted by atomic mass is 19.4. The molecule has 0 fully saturated rings. The van der Waals surface area contributed by atoms with E-state index in [2.05, 4.69) is 15.4 Å². The number of carbonyl (C=O) groups is 1. The zero-order chi connectivity index (χ0) is 12.9. The molecule has 1 aromatic heterocycles. The number of amides is 1. The molecule has 1 aromatic rings. The fourth-order valence-corrected chi connectivity index (χ4v) is 1.02. The average Bonchev–Trinajstić information content (AvgIpc) is 2.59. The van der Waals surface area contributed by atoms with Crippen molar-refractivity contribution in [3.8, 4) is 0 Å². The molecule has 6 nitrogen and oxygen atoms in total. The summed E-state index contributed by atoms with van der Waals surface area (Å²) >= 11 is 0. The van der Waals surface area contributed by atoms with E-state index in [1.54, 1.807) is 7.05 Å². The largest absolute Gasteiger partial charge is 0.401 e. The summed E-state index contributed by atoms with van der Waals surface area (Å²) in [5.41, 5.74) is 0. The van der Waals surface area contributed by atoms with Crippen molar-refractivity contribution in [2.24, 2.45) is 7.05 Å². The number of hydrogen-bond acceptors (Lipinski definition) is 4. The van der Waals surface area contributed by atoms with Crippen molar-refractivity contribution >= 4 is 5.91 Å². The van der Waals surface area contributed by atoms with Gasteiger partial charge in [-0.15, -0.1) is 0 Å². The maximum Gasteiger partial charge on any atom is 0.401 e. The Morgan fingerprint density at radius 1 is 1.53 bits per heavy atom. The third-order valence-corrected chi connectivity index (χ3v) is 1.70. The van der Waals surface area contributed by atoms with Gasteiger partial charge in [-0.25, -0.2) is 4.98 Å². The van der Waals surface area contributed by atoms with Crippen LogP contribution in [0.25, 0.3) is 0 Å². The van der Waals surface area contributed by atoms with Crippen LogP contribution >= 0.6 is 0 Å². The van der Waals surface area contributed by atoms with Crippen LogP contribution in [0.5, 0.6) is 0 Å². The van der Waals surface area contributed by atoms with Crippen LogP contribution < -0.4 is 10.6 Å². The Morgan fingerprint density at radius 3 is 2.76 bits per heavy atom. The fourth-order valence-electron chi connectivity index (χ4n) is 1.02. The lowest BCUT2D eigenvalue weighted by Crippen LogP contribution is -2.38. The zero-order valence-electron chi connectivity index (χ0n) is 9.08. The van der Waals surface area contributed by atoms with Gasteiger partial charge in [-0.1, -0.05) is 0 Å². The molecule has 0 aliphatic rings. The van der Waals surface area contributed by atoms with E-state index in [1.807, 2.05) is 5.32 Å². The monoisotopic (exact) mass is 251 g/mol. The SMILES string of the molecule is Cn1cnc(CNC(=O)CNCC(F)(F)F)n1. The highest BCUT2D eigenvalue weighted by Gasteiger charge is 2.26. The molecule has 0 saturated heterocycles. The van der Waals surface area contributed by atoms with Gasteiger partial charge in [-0.05, 0) is 0 Å². The third kappa shape index (κ3) is 5.85. The first kappa shape index (κ1) is 13.4. The lowest BCUT2D eigenvalue weighted by molar-refractivity contribution is -0.128. The molecule has 0 aliphatic heterocycles. The quantitative estimate of drug-likeness (QED) is 0.745. The Labute approximate surface area is 95.2 Å². The van der Waals surface area contributed by atoms with Gasteiger partial charge in [0.1, 0.15) is 6.33 Å². The Morgan fingerprint density at radius 2 is 2.24 bits per heavy atom. The summed E-state index contributed by atoms with van der Waals surface area (Å²) in [5, 5.41) is 8.27. The molecule has 0 unspecified atom stereocenters. The number of hydrogen-bond donors (Lipinski definition) is 2. The van der Waals surface area contributed by atoms with Crippen molar-refractivity contribution in [3.63, 3.8) is 0 Å². The zero-order valence-corrected chi connectivity index (χ0v) is 9.08. The van der Waals surface area contributed by atoms with E-state index in [0.29, 0.717) is 5.82 Å².